The van der Waals surface area contributed by atoms with E-state index in [0.717, 1.165) is 41.3 Å². The summed E-state index contributed by atoms with van der Waals surface area (Å²) in [6, 6.07) is 4.58. The number of carbonyl (C=O) groups is 5. The number of hydrogen-bond acceptors (Lipinski definition) is 8. The molecule has 1 aromatic heterocycles. The molecule has 0 unspecified atom stereocenters. The van der Waals surface area contributed by atoms with Crippen molar-refractivity contribution in [2.45, 2.75) is 168 Å². The largest absolute Gasteiger partial charge is 0.467 e. The molecule has 0 bridgehead atoms. The van der Waals surface area contributed by atoms with Crippen LogP contribution >= 0.6 is 11.8 Å². The van der Waals surface area contributed by atoms with Gasteiger partial charge in [-0.15, -0.1) is 0 Å². The number of nitrogens with one attached hydrogen (secondary N) is 3. The summed E-state index contributed by atoms with van der Waals surface area (Å²) in [6.45, 7) is 14.9. The van der Waals surface area contributed by atoms with Crippen LogP contribution in [0.4, 0.5) is 4.79 Å². The van der Waals surface area contributed by atoms with Gasteiger partial charge in [0.15, 0.2) is 5.78 Å². The molecule has 0 aliphatic heterocycles. The summed E-state index contributed by atoms with van der Waals surface area (Å²) in [5.41, 5.74) is 1.79. The minimum Gasteiger partial charge on any atom is -0.467 e. The molecule has 56 heavy (non-hydrogen) atoms. The lowest BCUT2D eigenvalue weighted by molar-refractivity contribution is -0.145. The first-order valence-corrected chi connectivity index (χ1v) is 21.8. The van der Waals surface area contributed by atoms with Crippen molar-refractivity contribution in [3.8, 4) is 0 Å². The van der Waals surface area contributed by atoms with Crippen LogP contribution in [0.1, 0.15) is 137 Å². The van der Waals surface area contributed by atoms with Gasteiger partial charge in [-0.3, -0.25) is 14.4 Å². The van der Waals surface area contributed by atoms with E-state index in [0.29, 0.717) is 12.2 Å². The molecule has 0 radical (unpaired) electrons. The maximum atomic E-state index is 13.4. The Balaban J connectivity index is 1.97. The zero-order valence-corrected chi connectivity index (χ0v) is 36.1. The van der Waals surface area contributed by atoms with Crippen molar-refractivity contribution in [2.24, 2.45) is 0 Å². The molecule has 11 nitrogen and oxygen atoms in total. The highest BCUT2D eigenvalue weighted by atomic mass is 32.2. The standard InChI is InChI=1S/C44H70N4O7S/c1-9-10-11-12-13-14-15-16-17-18-19-20-21-24-35(49)29-48-28-34(36-25-22-23-26-39(36)48)27-37(42(52)54-8)46-40(50)33(4)45-41(51)38(31-56-30-32(2)3)47-43(53)55-44(5,6)7/h22-23,25-26,28,33,37-38H,2,9-21,24,27,29-31H2,1,3-8H3,(H,45,51)(H,46,50)(H,47,53)/t33-,37-,38-/m0/s1. The van der Waals surface area contributed by atoms with Gasteiger partial charge in [-0.1, -0.05) is 114 Å². The highest BCUT2D eigenvalue weighted by Crippen LogP contribution is 2.24. The Morgan fingerprint density at radius 2 is 1.41 bits per heavy atom. The number of unbranched alkanes of at least 4 members (excludes halogenated alkanes) is 12. The second kappa shape index (κ2) is 26.2. The van der Waals surface area contributed by atoms with Crippen molar-refractivity contribution in [1.82, 2.24) is 20.5 Å². The maximum Gasteiger partial charge on any atom is 0.408 e. The molecule has 0 saturated carbocycles. The van der Waals surface area contributed by atoms with Crippen molar-refractivity contribution < 1.29 is 33.4 Å². The maximum absolute atomic E-state index is 13.4. The van der Waals surface area contributed by atoms with E-state index >= 15 is 0 Å². The van der Waals surface area contributed by atoms with Crippen LogP contribution in [-0.4, -0.2) is 76.6 Å². The van der Waals surface area contributed by atoms with Gasteiger partial charge in [0.05, 0.1) is 13.7 Å². The first kappa shape index (κ1) is 48.3. The Kier molecular flexibility index (Phi) is 22.6. The van der Waals surface area contributed by atoms with Crippen molar-refractivity contribution in [3.63, 3.8) is 0 Å². The third kappa shape index (κ3) is 19.4. The van der Waals surface area contributed by atoms with Gasteiger partial charge < -0.3 is 30.0 Å². The smallest absolute Gasteiger partial charge is 0.408 e. The molecule has 2 rings (SSSR count). The van der Waals surface area contributed by atoms with Gasteiger partial charge in [0.1, 0.15) is 23.7 Å². The minimum absolute atomic E-state index is 0.111. The molecule has 0 aliphatic rings. The first-order valence-electron chi connectivity index (χ1n) is 20.6. The number of hydrogen-bond donors (Lipinski definition) is 3. The number of ketones is 1. The molecule has 0 fully saturated rings. The number of nitrogens with zero attached hydrogens (tertiary/aromatic N) is 1. The lowest BCUT2D eigenvalue weighted by Crippen LogP contribution is -2.56. The molecule has 1 heterocycles. The van der Waals surface area contributed by atoms with Gasteiger partial charge in [0.25, 0.3) is 0 Å². The molecule has 314 valence electrons. The predicted octanol–water partition coefficient (Wildman–Crippen LogP) is 8.60. The topological polar surface area (TPSA) is 145 Å². The summed E-state index contributed by atoms with van der Waals surface area (Å²) in [5.74, 6) is -0.859. The Morgan fingerprint density at radius 3 is 1.98 bits per heavy atom. The Bertz CT molecular complexity index is 1550. The Morgan fingerprint density at radius 1 is 0.821 bits per heavy atom. The van der Waals surface area contributed by atoms with Crippen LogP contribution < -0.4 is 16.0 Å². The number of aromatic nitrogens is 1. The number of carbonyl (C=O) groups excluding carboxylic acids is 5. The molecule has 3 atom stereocenters. The average molecular weight is 799 g/mol. The lowest BCUT2D eigenvalue weighted by atomic mass is 10.0. The summed E-state index contributed by atoms with van der Waals surface area (Å²) in [6.07, 6.45) is 18.0. The predicted molar refractivity (Wildman–Crippen MR) is 228 cm³/mol. The third-order valence-electron chi connectivity index (χ3n) is 9.40. The number of alkyl carbamates (subject to hydrolysis) is 1. The van der Waals surface area contributed by atoms with Crippen molar-refractivity contribution in [1.29, 1.82) is 0 Å². The molecule has 0 saturated heterocycles. The fraction of sp³-hybridized carbons (Fsp3) is 0.659. The summed E-state index contributed by atoms with van der Waals surface area (Å²) >= 11 is 1.41. The molecular weight excluding hydrogens is 729 g/mol. The van der Waals surface area contributed by atoms with Crippen LogP contribution in [0.2, 0.25) is 0 Å². The monoisotopic (exact) mass is 798 g/mol. The first-order chi connectivity index (χ1) is 26.6. The van der Waals surface area contributed by atoms with Gasteiger partial charge in [-0.2, -0.15) is 11.8 Å². The van der Waals surface area contributed by atoms with E-state index in [1.165, 1.54) is 90.0 Å². The van der Waals surface area contributed by atoms with Gasteiger partial charge in [0, 0.05) is 41.4 Å². The Labute approximate surface area is 340 Å². The second-order valence-corrected chi connectivity index (χ2v) is 17.1. The van der Waals surface area contributed by atoms with Gasteiger partial charge in [-0.25, -0.2) is 9.59 Å². The van der Waals surface area contributed by atoms with Crippen LogP contribution in [0.5, 0.6) is 0 Å². The second-order valence-electron chi connectivity index (χ2n) is 16.0. The van der Waals surface area contributed by atoms with Gasteiger partial charge in [0.2, 0.25) is 11.8 Å². The Hall–Kier alpha value is -3.80. The minimum atomic E-state index is -1.06. The number of rotatable bonds is 28. The van der Waals surface area contributed by atoms with Crippen LogP contribution in [0.3, 0.4) is 0 Å². The van der Waals surface area contributed by atoms with Crippen LogP contribution in [-0.2, 0) is 41.6 Å². The van der Waals surface area contributed by atoms with E-state index in [4.69, 9.17) is 9.47 Å². The SMILES string of the molecule is C=C(C)CSC[C@H](NC(=O)OC(C)(C)C)C(=O)N[C@@H](C)C(=O)N[C@@H](Cc1cn(CC(=O)CCCCCCCCCCCCCCC)c2ccccc12)C(=O)OC. The average Bonchev–Trinajstić information content (AvgIpc) is 3.47. The molecule has 3 amide bonds. The summed E-state index contributed by atoms with van der Waals surface area (Å²) in [7, 11) is 1.25. The summed E-state index contributed by atoms with van der Waals surface area (Å²) in [5, 5.41) is 8.87. The lowest BCUT2D eigenvalue weighted by Gasteiger charge is -2.25. The normalized spacial score (nSPS) is 13.1. The van der Waals surface area contributed by atoms with Gasteiger partial charge >= 0.3 is 12.1 Å². The number of fused-ring (bicyclic) bond motifs is 1. The summed E-state index contributed by atoms with van der Waals surface area (Å²) in [4.78, 5) is 65.3. The van der Waals surface area contributed by atoms with Crippen molar-refractivity contribution in [3.05, 3.63) is 48.2 Å². The fourth-order valence-corrected chi connectivity index (χ4v) is 7.38. The van der Waals surface area contributed by atoms with E-state index in [1.54, 1.807) is 20.8 Å². The van der Waals surface area contributed by atoms with Gasteiger partial charge in [-0.05, 0) is 52.7 Å². The summed E-state index contributed by atoms with van der Waals surface area (Å²) < 4.78 is 12.3. The van der Waals surface area contributed by atoms with E-state index in [1.807, 2.05) is 42.0 Å². The number of thioether (sulfide) groups is 1. The van der Waals surface area contributed by atoms with E-state index < -0.39 is 47.6 Å². The van der Waals surface area contributed by atoms with Crippen LogP contribution in [0.25, 0.3) is 10.9 Å². The van der Waals surface area contributed by atoms with Crippen LogP contribution in [0.15, 0.2) is 42.6 Å². The molecule has 3 N–H and O–H groups in total. The van der Waals surface area contributed by atoms with E-state index in [9.17, 15) is 24.0 Å². The molecule has 1 aromatic carbocycles. The number of para-hydroxylation sites is 1. The number of ether oxygens (including phenoxy) is 2. The molecular formula is C44H70N4O7S. The quantitative estimate of drug-likeness (QED) is 0.0441. The number of amides is 3. The van der Waals surface area contributed by atoms with Crippen molar-refractivity contribution in [2.75, 3.05) is 18.6 Å². The fourth-order valence-electron chi connectivity index (χ4n) is 6.44. The highest BCUT2D eigenvalue weighted by Gasteiger charge is 2.30. The molecule has 0 aliphatic carbocycles. The van der Waals surface area contributed by atoms with Crippen molar-refractivity contribution >= 4 is 52.3 Å². The third-order valence-corrected chi connectivity index (χ3v) is 10.7. The molecule has 12 heteroatoms. The highest BCUT2D eigenvalue weighted by molar-refractivity contribution is 7.99. The molecule has 0 spiro atoms. The van der Waals surface area contributed by atoms with E-state index in [2.05, 4.69) is 29.5 Å². The number of methoxy groups -OCH3 is 1. The van der Waals surface area contributed by atoms with Crippen LogP contribution in [0, 0.1) is 0 Å². The number of esters is 1. The molecule has 2 aromatic rings. The zero-order valence-electron chi connectivity index (χ0n) is 35.3. The van der Waals surface area contributed by atoms with E-state index in [-0.39, 0.29) is 24.5 Å². The number of Topliss-reactive ketones (excluding diaryl/α,β-unsaturated/α-hetero) is 1. The number of benzene rings is 1. The zero-order chi connectivity index (χ0) is 41.5.